The molecule has 8 heteroatoms. The van der Waals surface area contributed by atoms with Gasteiger partial charge in [0.1, 0.15) is 5.75 Å². The van der Waals surface area contributed by atoms with E-state index in [4.69, 9.17) is 16.3 Å². The normalized spacial score (nSPS) is 13.2. The van der Waals surface area contributed by atoms with Crippen LogP contribution in [0.5, 0.6) is 5.75 Å². The van der Waals surface area contributed by atoms with E-state index >= 15 is 0 Å². The number of halogens is 2. The first-order valence-electron chi connectivity index (χ1n) is 9.33. The lowest BCUT2D eigenvalue weighted by molar-refractivity contribution is -0.123. The third kappa shape index (κ3) is 8.10. The van der Waals surface area contributed by atoms with Crippen LogP contribution < -0.4 is 20.7 Å². The van der Waals surface area contributed by atoms with Crippen molar-refractivity contribution >= 4 is 47.4 Å². The SMILES string of the molecule is CN=C(NCc1cccc(OCC(=O)NC2CC2)c1)NCc1ccccc1Cl.I. The largest absolute Gasteiger partial charge is 0.484 e. The molecule has 3 rings (SSSR count). The monoisotopic (exact) mass is 528 g/mol. The van der Waals surface area contributed by atoms with Crippen LogP contribution in [0.1, 0.15) is 24.0 Å². The van der Waals surface area contributed by atoms with E-state index in [0.29, 0.717) is 30.8 Å². The average molecular weight is 529 g/mol. The number of rotatable bonds is 8. The minimum Gasteiger partial charge on any atom is -0.484 e. The summed E-state index contributed by atoms with van der Waals surface area (Å²) in [5, 5.41) is 10.1. The van der Waals surface area contributed by atoms with Crippen molar-refractivity contribution < 1.29 is 9.53 Å². The highest BCUT2D eigenvalue weighted by Crippen LogP contribution is 2.18. The summed E-state index contributed by atoms with van der Waals surface area (Å²) in [6.45, 7) is 1.20. The van der Waals surface area contributed by atoms with Gasteiger partial charge in [0.05, 0.1) is 0 Å². The predicted octanol–water partition coefficient (Wildman–Crippen LogP) is 3.48. The van der Waals surface area contributed by atoms with Crippen LogP contribution in [0.3, 0.4) is 0 Å². The first-order valence-corrected chi connectivity index (χ1v) is 9.71. The van der Waals surface area contributed by atoms with Crippen molar-refractivity contribution in [2.45, 2.75) is 32.0 Å². The van der Waals surface area contributed by atoms with E-state index in [1.807, 2.05) is 48.5 Å². The molecule has 156 valence electrons. The predicted molar refractivity (Wildman–Crippen MR) is 127 cm³/mol. The molecule has 0 heterocycles. The molecule has 1 aliphatic carbocycles. The maximum atomic E-state index is 11.7. The number of carbonyl (C=O) groups excluding carboxylic acids is 1. The fraction of sp³-hybridized carbons (Fsp3) is 0.333. The number of amides is 1. The summed E-state index contributed by atoms with van der Waals surface area (Å²) in [6.07, 6.45) is 2.14. The molecule has 1 amide bonds. The van der Waals surface area contributed by atoms with Gasteiger partial charge in [-0.05, 0) is 42.2 Å². The van der Waals surface area contributed by atoms with Gasteiger partial charge in [-0.25, -0.2) is 0 Å². The van der Waals surface area contributed by atoms with Crippen LogP contribution in [0.25, 0.3) is 0 Å². The molecule has 2 aromatic rings. The number of carbonyl (C=O) groups is 1. The topological polar surface area (TPSA) is 74.8 Å². The molecule has 1 saturated carbocycles. The summed E-state index contributed by atoms with van der Waals surface area (Å²) in [6, 6.07) is 15.7. The van der Waals surface area contributed by atoms with Crippen LogP contribution in [0.4, 0.5) is 0 Å². The number of hydrogen-bond acceptors (Lipinski definition) is 3. The number of ether oxygens (including phenoxy) is 1. The summed E-state index contributed by atoms with van der Waals surface area (Å²) in [5.41, 5.74) is 2.03. The summed E-state index contributed by atoms with van der Waals surface area (Å²) in [5.74, 6) is 1.27. The molecule has 29 heavy (non-hydrogen) atoms. The quantitative estimate of drug-likeness (QED) is 0.279. The Labute approximate surface area is 193 Å². The highest BCUT2D eigenvalue weighted by atomic mass is 127. The van der Waals surface area contributed by atoms with Crippen LogP contribution >= 0.6 is 35.6 Å². The van der Waals surface area contributed by atoms with Gasteiger partial charge in [-0.1, -0.05) is 41.9 Å². The molecular formula is C21H26ClIN4O2. The van der Waals surface area contributed by atoms with Gasteiger partial charge in [0.25, 0.3) is 5.91 Å². The van der Waals surface area contributed by atoms with Crippen molar-refractivity contribution in [2.24, 2.45) is 4.99 Å². The molecule has 0 radical (unpaired) electrons. The van der Waals surface area contributed by atoms with Crippen LogP contribution in [0.15, 0.2) is 53.5 Å². The second-order valence-electron chi connectivity index (χ2n) is 6.65. The highest BCUT2D eigenvalue weighted by Gasteiger charge is 2.23. The molecule has 1 fully saturated rings. The van der Waals surface area contributed by atoms with Gasteiger partial charge in [-0.3, -0.25) is 9.79 Å². The second kappa shape index (κ2) is 11.9. The Kier molecular flexibility index (Phi) is 9.53. The number of benzene rings is 2. The summed E-state index contributed by atoms with van der Waals surface area (Å²) in [4.78, 5) is 16.0. The maximum absolute atomic E-state index is 11.7. The minimum atomic E-state index is -0.0739. The fourth-order valence-electron chi connectivity index (χ4n) is 2.62. The lowest BCUT2D eigenvalue weighted by Crippen LogP contribution is -2.36. The van der Waals surface area contributed by atoms with Crippen LogP contribution in [0.2, 0.25) is 5.02 Å². The molecule has 0 bridgehead atoms. The van der Waals surface area contributed by atoms with Gasteiger partial charge < -0.3 is 20.7 Å². The molecule has 0 unspecified atom stereocenters. The standard InChI is InChI=1S/C21H25ClN4O2.HI/c1-23-21(25-13-16-6-2-3-8-19(16)22)24-12-15-5-4-7-18(11-15)28-14-20(27)26-17-9-10-17;/h2-8,11,17H,9-10,12-14H2,1H3,(H,26,27)(H2,23,24,25);1H. The molecule has 0 aromatic heterocycles. The number of nitrogens with zero attached hydrogens (tertiary/aromatic N) is 1. The number of aliphatic imine (C=N–C) groups is 1. The van der Waals surface area contributed by atoms with Gasteiger partial charge in [0.15, 0.2) is 12.6 Å². The average Bonchev–Trinajstić information content (AvgIpc) is 3.52. The molecular weight excluding hydrogens is 503 g/mol. The number of hydrogen-bond donors (Lipinski definition) is 3. The third-order valence-electron chi connectivity index (χ3n) is 4.30. The van der Waals surface area contributed by atoms with E-state index in [9.17, 15) is 4.79 Å². The summed E-state index contributed by atoms with van der Waals surface area (Å²) < 4.78 is 5.59. The maximum Gasteiger partial charge on any atom is 0.258 e. The number of guanidine groups is 1. The van der Waals surface area contributed by atoms with Gasteiger partial charge in [-0.2, -0.15) is 0 Å². The van der Waals surface area contributed by atoms with E-state index in [-0.39, 0.29) is 36.5 Å². The fourth-order valence-corrected chi connectivity index (χ4v) is 2.82. The lowest BCUT2D eigenvalue weighted by atomic mass is 10.2. The van der Waals surface area contributed by atoms with Crippen molar-refractivity contribution in [2.75, 3.05) is 13.7 Å². The van der Waals surface area contributed by atoms with Gasteiger partial charge in [0, 0.05) is 31.2 Å². The van der Waals surface area contributed by atoms with Crippen molar-refractivity contribution in [3.8, 4) is 5.75 Å². The second-order valence-corrected chi connectivity index (χ2v) is 7.06. The van der Waals surface area contributed by atoms with Crippen LogP contribution in [-0.2, 0) is 17.9 Å². The van der Waals surface area contributed by atoms with Gasteiger partial charge in [-0.15, -0.1) is 24.0 Å². The van der Waals surface area contributed by atoms with Crippen molar-refractivity contribution in [1.82, 2.24) is 16.0 Å². The van der Waals surface area contributed by atoms with Crippen LogP contribution in [-0.4, -0.2) is 31.6 Å². The van der Waals surface area contributed by atoms with E-state index in [2.05, 4.69) is 20.9 Å². The molecule has 2 aromatic carbocycles. The highest BCUT2D eigenvalue weighted by molar-refractivity contribution is 14.0. The molecule has 1 aliphatic rings. The first kappa shape index (κ1) is 23.3. The zero-order chi connectivity index (χ0) is 19.8. The van der Waals surface area contributed by atoms with Gasteiger partial charge >= 0.3 is 0 Å². The Bertz CT molecular complexity index is 843. The van der Waals surface area contributed by atoms with Crippen molar-refractivity contribution in [1.29, 1.82) is 0 Å². The molecule has 3 N–H and O–H groups in total. The Morgan fingerprint density at radius 2 is 1.90 bits per heavy atom. The lowest BCUT2D eigenvalue weighted by Gasteiger charge is -2.13. The molecule has 0 aliphatic heterocycles. The molecule has 0 spiro atoms. The van der Waals surface area contributed by atoms with Crippen LogP contribution in [0, 0.1) is 0 Å². The zero-order valence-corrected chi connectivity index (χ0v) is 19.4. The Balaban J connectivity index is 0.00000300. The first-order chi connectivity index (χ1) is 13.6. The summed E-state index contributed by atoms with van der Waals surface area (Å²) in [7, 11) is 1.72. The van der Waals surface area contributed by atoms with Crippen molar-refractivity contribution in [3.63, 3.8) is 0 Å². The van der Waals surface area contributed by atoms with E-state index in [1.165, 1.54) is 0 Å². The molecule has 0 saturated heterocycles. The van der Waals surface area contributed by atoms with E-state index in [1.54, 1.807) is 7.05 Å². The van der Waals surface area contributed by atoms with Crippen molar-refractivity contribution in [3.05, 3.63) is 64.7 Å². The smallest absolute Gasteiger partial charge is 0.258 e. The minimum absolute atomic E-state index is 0. The summed E-state index contributed by atoms with van der Waals surface area (Å²) >= 11 is 6.18. The molecule has 6 nitrogen and oxygen atoms in total. The number of nitrogens with one attached hydrogen (secondary N) is 3. The van der Waals surface area contributed by atoms with E-state index < -0.39 is 0 Å². The van der Waals surface area contributed by atoms with Gasteiger partial charge in [0.2, 0.25) is 0 Å². The Morgan fingerprint density at radius 1 is 1.14 bits per heavy atom. The van der Waals surface area contributed by atoms with E-state index in [0.717, 1.165) is 29.0 Å². The Hall–Kier alpha value is -2.00. The zero-order valence-electron chi connectivity index (χ0n) is 16.3. The molecule has 0 atom stereocenters. The third-order valence-corrected chi connectivity index (χ3v) is 4.67. The Morgan fingerprint density at radius 3 is 2.62 bits per heavy atom.